The first-order valence-electron chi connectivity index (χ1n) is 6.09. The molecule has 96 valence electrons. The van der Waals surface area contributed by atoms with Crippen LogP contribution in [0.4, 0.5) is 0 Å². The van der Waals surface area contributed by atoms with E-state index in [1.807, 2.05) is 31.3 Å². The monoisotopic (exact) mass is 261 g/mol. The third-order valence-electron chi connectivity index (χ3n) is 3.11. The van der Waals surface area contributed by atoms with Gasteiger partial charge in [0.25, 0.3) is 0 Å². The maximum absolute atomic E-state index is 5.82. The van der Waals surface area contributed by atoms with Gasteiger partial charge in [-0.3, -0.25) is 0 Å². The van der Waals surface area contributed by atoms with Gasteiger partial charge >= 0.3 is 0 Å². The fourth-order valence-electron chi connectivity index (χ4n) is 2.12. The summed E-state index contributed by atoms with van der Waals surface area (Å²) in [5.74, 6) is 0.0200. The van der Waals surface area contributed by atoms with Crippen molar-refractivity contribution >= 4 is 22.9 Å². The Bertz CT molecular complexity index is 593. The molecule has 2 heterocycles. The molecule has 0 aromatic carbocycles. The normalized spacial score (nSPS) is 13.8. The summed E-state index contributed by atoms with van der Waals surface area (Å²) in [6, 6.07) is 5.99. The number of hydrogen-bond acceptors (Lipinski definition) is 2. The summed E-state index contributed by atoms with van der Waals surface area (Å²) >= 11 is 5.15. The van der Waals surface area contributed by atoms with Crippen LogP contribution in [0.5, 0.6) is 0 Å². The second kappa shape index (κ2) is 4.35. The van der Waals surface area contributed by atoms with Gasteiger partial charge in [-0.05, 0) is 12.1 Å². The zero-order valence-electron chi connectivity index (χ0n) is 11.3. The van der Waals surface area contributed by atoms with Gasteiger partial charge in [0.15, 0.2) is 0 Å². The van der Waals surface area contributed by atoms with E-state index in [0.29, 0.717) is 4.99 Å². The van der Waals surface area contributed by atoms with Gasteiger partial charge in [0.2, 0.25) is 0 Å². The van der Waals surface area contributed by atoms with E-state index in [0.717, 1.165) is 17.0 Å². The highest BCUT2D eigenvalue weighted by Gasteiger charge is 2.27. The minimum Gasteiger partial charge on any atom is -0.393 e. The van der Waals surface area contributed by atoms with Crippen molar-refractivity contribution in [3.63, 3.8) is 0 Å². The quantitative estimate of drug-likeness (QED) is 0.845. The Morgan fingerprint density at radius 1 is 1.39 bits per heavy atom. The van der Waals surface area contributed by atoms with E-state index in [1.165, 1.54) is 0 Å². The summed E-state index contributed by atoms with van der Waals surface area (Å²) < 4.78 is 2.09. The number of nitrogens with zero attached hydrogens (tertiary/aromatic N) is 2. The lowest BCUT2D eigenvalue weighted by molar-refractivity contribution is 0.563. The third-order valence-corrected chi connectivity index (χ3v) is 3.47. The van der Waals surface area contributed by atoms with Gasteiger partial charge in [0.05, 0.1) is 16.4 Å². The zero-order chi connectivity index (χ0) is 13.5. The lowest BCUT2D eigenvalue weighted by Crippen LogP contribution is -2.23. The second-order valence-electron chi connectivity index (χ2n) is 5.65. The molecule has 0 saturated heterocycles. The van der Waals surface area contributed by atoms with Crippen molar-refractivity contribution in [2.45, 2.75) is 39.0 Å². The van der Waals surface area contributed by atoms with E-state index in [-0.39, 0.29) is 11.3 Å². The first kappa shape index (κ1) is 13.0. The summed E-state index contributed by atoms with van der Waals surface area (Å²) in [6.45, 7) is 8.51. The Balaban J connectivity index is 2.77. The van der Waals surface area contributed by atoms with Crippen LogP contribution in [0, 0.1) is 0 Å². The topological polar surface area (TPSA) is 43.3 Å². The fraction of sp³-hybridized carbons (Fsp3) is 0.429. The number of imidazole rings is 1. The van der Waals surface area contributed by atoms with Gasteiger partial charge in [0.1, 0.15) is 5.65 Å². The molecule has 0 radical (unpaired) electrons. The average Bonchev–Trinajstić information content (AvgIpc) is 2.66. The fourth-order valence-corrected chi connectivity index (χ4v) is 2.23. The molecule has 18 heavy (non-hydrogen) atoms. The molecule has 1 atom stereocenters. The van der Waals surface area contributed by atoms with Crippen molar-refractivity contribution in [2.24, 2.45) is 5.73 Å². The van der Waals surface area contributed by atoms with E-state index in [4.69, 9.17) is 22.9 Å². The summed E-state index contributed by atoms with van der Waals surface area (Å²) in [4.78, 5) is 5.24. The highest BCUT2D eigenvalue weighted by molar-refractivity contribution is 7.80. The van der Waals surface area contributed by atoms with Gasteiger partial charge < -0.3 is 10.1 Å². The van der Waals surface area contributed by atoms with Crippen LogP contribution in [0.25, 0.3) is 5.65 Å². The highest BCUT2D eigenvalue weighted by atomic mass is 32.1. The van der Waals surface area contributed by atoms with Crippen LogP contribution in [0.3, 0.4) is 0 Å². The standard InChI is InChI=1S/C14H19N3S/c1-9(13(15)18)11-12(14(2,3)4)16-10-7-5-6-8-17(10)11/h5-9H,1-4H3,(H2,15,18). The summed E-state index contributed by atoms with van der Waals surface area (Å²) in [7, 11) is 0. The summed E-state index contributed by atoms with van der Waals surface area (Å²) in [5, 5.41) is 0. The van der Waals surface area contributed by atoms with Crippen molar-refractivity contribution in [1.29, 1.82) is 0 Å². The number of fused-ring (bicyclic) bond motifs is 1. The predicted molar refractivity (Wildman–Crippen MR) is 79.1 cm³/mol. The molecule has 0 spiro atoms. The van der Waals surface area contributed by atoms with Crippen LogP contribution in [-0.4, -0.2) is 14.4 Å². The van der Waals surface area contributed by atoms with Crippen molar-refractivity contribution in [2.75, 3.05) is 0 Å². The number of aromatic nitrogens is 2. The van der Waals surface area contributed by atoms with E-state index in [9.17, 15) is 0 Å². The van der Waals surface area contributed by atoms with Crippen molar-refractivity contribution in [3.8, 4) is 0 Å². The van der Waals surface area contributed by atoms with E-state index in [1.54, 1.807) is 0 Å². The third kappa shape index (κ3) is 2.12. The van der Waals surface area contributed by atoms with Gasteiger partial charge in [-0.15, -0.1) is 0 Å². The van der Waals surface area contributed by atoms with Gasteiger partial charge in [-0.2, -0.15) is 0 Å². The molecule has 2 aromatic heterocycles. The average molecular weight is 261 g/mol. The number of rotatable bonds is 2. The van der Waals surface area contributed by atoms with Gasteiger partial charge in [-0.25, -0.2) is 4.98 Å². The molecule has 2 rings (SSSR count). The van der Waals surface area contributed by atoms with Gasteiger partial charge in [0, 0.05) is 17.5 Å². The number of thiocarbonyl (C=S) groups is 1. The lowest BCUT2D eigenvalue weighted by Gasteiger charge is -2.20. The molecule has 4 heteroatoms. The Hall–Kier alpha value is -1.42. The molecule has 0 fully saturated rings. The van der Waals surface area contributed by atoms with Crippen molar-refractivity contribution in [1.82, 2.24) is 9.38 Å². The Kier molecular flexibility index (Phi) is 3.15. The molecule has 0 aliphatic rings. The van der Waals surface area contributed by atoms with Crippen LogP contribution in [0.15, 0.2) is 24.4 Å². The number of nitrogens with two attached hydrogens (primary N) is 1. The largest absolute Gasteiger partial charge is 0.393 e. The van der Waals surface area contributed by atoms with Crippen LogP contribution in [-0.2, 0) is 5.41 Å². The summed E-state index contributed by atoms with van der Waals surface area (Å²) in [5.41, 5.74) is 8.90. The van der Waals surface area contributed by atoms with E-state index < -0.39 is 0 Å². The van der Waals surface area contributed by atoms with E-state index in [2.05, 4.69) is 25.2 Å². The highest BCUT2D eigenvalue weighted by Crippen LogP contribution is 2.31. The van der Waals surface area contributed by atoms with Gasteiger partial charge in [-0.1, -0.05) is 46.0 Å². The molecule has 0 amide bonds. The molecule has 0 saturated carbocycles. The molecular weight excluding hydrogens is 242 g/mol. The maximum Gasteiger partial charge on any atom is 0.137 e. The molecule has 0 aliphatic carbocycles. The SMILES string of the molecule is CC(C(N)=S)c1c(C(C)(C)C)nc2ccccn12. The van der Waals surface area contributed by atoms with Crippen LogP contribution >= 0.6 is 12.2 Å². The molecule has 2 aromatic rings. The maximum atomic E-state index is 5.82. The molecular formula is C14H19N3S. The smallest absolute Gasteiger partial charge is 0.137 e. The molecule has 3 nitrogen and oxygen atoms in total. The lowest BCUT2D eigenvalue weighted by atomic mass is 9.87. The van der Waals surface area contributed by atoms with Crippen molar-refractivity contribution < 1.29 is 0 Å². The molecule has 1 unspecified atom stereocenters. The Morgan fingerprint density at radius 2 is 2.06 bits per heavy atom. The summed E-state index contributed by atoms with van der Waals surface area (Å²) in [6.07, 6.45) is 2.02. The molecule has 0 aliphatic heterocycles. The second-order valence-corrected chi connectivity index (χ2v) is 6.12. The minimum atomic E-state index is -0.0274. The van der Waals surface area contributed by atoms with E-state index >= 15 is 0 Å². The first-order chi connectivity index (χ1) is 8.32. The molecule has 0 bridgehead atoms. The minimum absolute atomic E-state index is 0.0200. The zero-order valence-corrected chi connectivity index (χ0v) is 12.1. The first-order valence-corrected chi connectivity index (χ1v) is 6.50. The number of pyridine rings is 1. The van der Waals surface area contributed by atoms with Crippen molar-refractivity contribution in [3.05, 3.63) is 35.8 Å². The Labute approximate surface area is 113 Å². The number of hydrogen-bond donors (Lipinski definition) is 1. The van der Waals surface area contributed by atoms with Crippen LogP contribution in [0.1, 0.15) is 45.0 Å². The van der Waals surface area contributed by atoms with Crippen LogP contribution in [0.2, 0.25) is 0 Å². The molecule has 2 N–H and O–H groups in total. The Morgan fingerprint density at radius 3 is 2.61 bits per heavy atom. The van der Waals surface area contributed by atoms with Crippen LogP contribution < -0.4 is 5.73 Å². The predicted octanol–water partition coefficient (Wildman–Crippen LogP) is 3.02.